The molecule has 2 aromatic rings. The molecular formula is C34H44O12. The van der Waals surface area contributed by atoms with Gasteiger partial charge in [0.25, 0.3) is 0 Å². The minimum atomic E-state index is -1.13. The maximum Gasteiger partial charge on any atom is 0.336 e. The summed E-state index contributed by atoms with van der Waals surface area (Å²) in [5.41, 5.74) is 1.73. The van der Waals surface area contributed by atoms with E-state index in [1.165, 1.54) is 28.1 Å². The fraction of sp³-hybridized carbons (Fsp3) is 0.559. The Labute approximate surface area is 269 Å². The Morgan fingerprint density at radius 3 is 1.85 bits per heavy atom. The molecule has 2 aliphatic rings. The number of benzene rings is 2. The van der Waals surface area contributed by atoms with Crippen LogP contribution in [0.2, 0.25) is 0 Å². The Morgan fingerprint density at radius 2 is 1.28 bits per heavy atom. The highest BCUT2D eigenvalue weighted by molar-refractivity contribution is 5.75. The molecule has 2 aliphatic heterocycles. The van der Waals surface area contributed by atoms with Crippen LogP contribution in [0.4, 0.5) is 0 Å². The Hall–Kier alpha value is -3.39. The van der Waals surface area contributed by atoms with Crippen LogP contribution in [-0.2, 0) is 70.2 Å². The molecule has 2 heterocycles. The van der Waals surface area contributed by atoms with Gasteiger partial charge in [-0.2, -0.15) is 0 Å². The standard InChI is InChI=1S/C34H44O12/c1-20-27(26(19-40-22(3)35)44-33(43-23(4)36)30(20)41-17-24-13-9-7-10-14-24)45-34-31(39-6)28(38-5)21(2)29(46-34)32(37)42-18-25-15-11-8-12-16-25/h7-16,20-21,26-31,33-34H,17-19H2,1-6H3/t20?,21-,26-,27+,28-,29?,30?,31?,33?,34-/m1/s1. The van der Waals surface area contributed by atoms with E-state index in [4.69, 9.17) is 42.6 Å². The molecule has 0 N–H and O–H groups in total. The third-order valence-electron chi connectivity index (χ3n) is 8.16. The zero-order valence-electron chi connectivity index (χ0n) is 27.1. The van der Waals surface area contributed by atoms with Crippen molar-refractivity contribution in [2.75, 3.05) is 20.8 Å². The molecule has 46 heavy (non-hydrogen) atoms. The van der Waals surface area contributed by atoms with Crippen molar-refractivity contribution in [3.63, 3.8) is 0 Å². The van der Waals surface area contributed by atoms with Crippen molar-refractivity contribution in [3.05, 3.63) is 71.8 Å². The lowest BCUT2D eigenvalue weighted by Gasteiger charge is -2.48. The van der Waals surface area contributed by atoms with Gasteiger partial charge in [0, 0.05) is 39.9 Å². The molecule has 0 amide bonds. The van der Waals surface area contributed by atoms with Crippen molar-refractivity contribution in [2.24, 2.45) is 11.8 Å². The summed E-state index contributed by atoms with van der Waals surface area (Å²) in [5.74, 6) is -2.62. The Bertz CT molecular complexity index is 1260. The molecule has 2 aromatic carbocycles. The fourth-order valence-corrected chi connectivity index (χ4v) is 5.81. The van der Waals surface area contributed by atoms with E-state index in [2.05, 4.69) is 0 Å². The first-order chi connectivity index (χ1) is 22.1. The van der Waals surface area contributed by atoms with E-state index in [9.17, 15) is 14.4 Å². The van der Waals surface area contributed by atoms with Gasteiger partial charge in [-0.25, -0.2) is 4.79 Å². The van der Waals surface area contributed by atoms with Crippen molar-refractivity contribution in [3.8, 4) is 0 Å². The zero-order valence-corrected chi connectivity index (χ0v) is 27.1. The number of carbonyl (C=O) groups excluding carboxylic acids is 3. The normalized spacial score (nSPS) is 31.1. The molecule has 252 valence electrons. The SMILES string of the molecule is COC1[C@H](O[C@H]2C(C)C(OCc3ccccc3)C(OC(C)=O)O[C@@H]2COC(C)=O)OC(C(=O)OCc2ccccc2)[C@H](C)[C@H]1OC. The molecule has 0 spiro atoms. The van der Waals surface area contributed by atoms with Gasteiger partial charge < -0.3 is 42.6 Å². The summed E-state index contributed by atoms with van der Waals surface area (Å²) >= 11 is 0. The molecule has 0 bridgehead atoms. The predicted molar refractivity (Wildman–Crippen MR) is 162 cm³/mol. The lowest BCUT2D eigenvalue weighted by Crippen LogP contribution is -2.62. The van der Waals surface area contributed by atoms with Gasteiger partial charge in [-0.05, 0) is 11.1 Å². The third-order valence-corrected chi connectivity index (χ3v) is 8.16. The number of methoxy groups -OCH3 is 2. The number of rotatable bonds is 13. The van der Waals surface area contributed by atoms with Crippen LogP contribution in [0.5, 0.6) is 0 Å². The van der Waals surface area contributed by atoms with E-state index in [-0.39, 0.29) is 19.8 Å². The lowest BCUT2D eigenvalue weighted by atomic mass is 9.88. The van der Waals surface area contributed by atoms with Crippen LogP contribution in [0, 0.1) is 11.8 Å². The monoisotopic (exact) mass is 644 g/mol. The largest absolute Gasteiger partial charge is 0.463 e. The third kappa shape index (κ3) is 9.11. The van der Waals surface area contributed by atoms with E-state index >= 15 is 0 Å². The minimum absolute atomic E-state index is 0.0685. The van der Waals surface area contributed by atoms with Crippen LogP contribution in [0.15, 0.2) is 60.7 Å². The summed E-state index contributed by atoms with van der Waals surface area (Å²) in [6.45, 7) is 6.29. The number of esters is 3. The van der Waals surface area contributed by atoms with Crippen LogP contribution in [0.25, 0.3) is 0 Å². The Kier molecular flexibility index (Phi) is 13.1. The average Bonchev–Trinajstić information content (AvgIpc) is 3.04. The number of ether oxygens (including phenoxy) is 9. The van der Waals surface area contributed by atoms with Gasteiger partial charge >= 0.3 is 17.9 Å². The van der Waals surface area contributed by atoms with Gasteiger partial charge in [0.15, 0.2) is 12.4 Å². The highest BCUT2D eigenvalue weighted by Crippen LogP contribution is 2.37. The Morgan fingerprint density at radius 1 is 0.674 bits per heavy atom. The van der Waals surface area contributed by atoms with Crippen LogP contribution in [0.1, 0.15) is 38.8 Å². The van der Waals surface area contributed by atoms with Crippen LogP contribution in [0.3, 0.4) is 0 Å². The molecule has 12 heteroatoms. The first-order valence-electron chi connectivity index (χ1n) is 15.3. The molecule has 2 saturated heterocycles. The van der Waals surface area contributed by atoms with Crippen LogP contribution in [-0.4, -0.2) is 87.9 Å². The Balaban J connectivity index is 1.59. The second kappa shape index (κ2) is 17.0. The molecule has 0 radical (unpaired) electrons. The van der Waals surface area contributed by atoms with Crippen molar-refractivity contribution >= 4 is 17.9 Å². The van der Waals surface area contributed by atoms with Crippen molar-refractivity contribution in [1.29, 1.82) is 0 Å². The molecule has 10 atom stereocenters. The van der Waals surface area contributed by atoms with E-state index in [0.29, 0.717) is 0 Å². The number of hydrogen-bond donors (Lipinski definition) is 0. The molecule has 0 aromatic heterocycles. The first kappa shape index (κ1) is 35.5. The van der Waals surface area contributed by atoms with E-state index < -0.39 is 78.9 Å². The highest BCUT2D eigenvalue weighted by atomic mass is 16.8. The molecule has 2 fully saturated rings. The van der Waals surface area contributed by atoms with Crippen molar-refractivity contribution in [2.45, 2.75) is 90.1 Å². The topological polar surface area (TPSA) is 134 Å². The molecule has 0 aliphatic carbocycles. The number of hydrogen-bond acceptors (Lipinski definition) is 12. The maximum absolute atomic E-state index is 13.4. The molecular weight excluding hydrogens is 600 g/mol. The lowest BCUT2D eigenvalue weighted by molar-refractivity contribution is -0.347. The van der Waals surface area contributed by atoms with Gasteiger partial charge in [-0.15, -0.1) is 0 Å². The smallest absolute Gasteiger partial charge is 0.336 e. The van der Waals surface area contributed by atoms with Gasteiger partial charge in [0.1, 0.15) is 31.5 Å². The van der Waals surface area contributed by atoms with Gasteiger partial charge in [-0.3, -0.25) is 9.59 Å². The predicted octanol–water partition coefficient (Wildman–Crippen LogP) is 3.58. The zero-order chi connectivity index (χ0) is 33.2. The molecule has 0 saturated carbocycles. The summed E-state index contributed by atoms with van der Waals surface area (Å²) < 4.78 is 53.4. The van der Waals surface area contributed by atoms with Gasteiger partial charge in [-0.1, -0.05) is 74.5 Å². The number of carbonyl (C=O) groups is 3. The quantitative estimate of drug-likeness (QED) is 0.233. The highest BCUT2D eigenvalue weighted by Gasteiger charge is 2.53. The summed E-state index contributed by atoms with van der Waals surface area (Å²) in [6.07, 6.45) is -7.16. The minimum Gasteiger partial charge on any atom is -0.463 e. The molecule has 4 rings (SSSR count). The molecule has 5 unspecified atom stereocenters. The fourth-order valence-electron chi connectivity index (χ4n) is 5.81. The van der Waals surface area contributed by atoms with E-state index in [1.807, 2.05) is 74.5 Å². The van der Waals surface area contributed by atoms with E-state index in [1.54, 1.807) is 0 Å². The summed E-state index contributed by atoms with van der Waals surface area (Å²) in [6, 6.07) is 18.8. The van der Waals surface area contributed by atoms with Crippen molar-refractivity contribution in [1.82, 2.24) is 0 Å². The van der Waals surface area contributed by atoms with Gasteiger partial charge in [0.2, 0.25) is 6.29 Å². The molecule has 12 nitrogen and oxygen atoms in total. The second-order valence-corrected chi connectivity index (χ2v) is 11.5. The second-order valence-electron chi connectivity index (χ2n) is 11.5. The maximum atomic E-state index is 13.4. The van der Waals surface area contributed by atoms with Crippen LogP contribution < -0.4 is 0 Å². The summed E-state index contributed by atoms with van der Waals surface area (Å²) in [7, 11) is 3.02. The summed E-state index contributed by atoms with van der Waals surface area (Å²) in [4.78, 5) is 37.2. The van der Waals surface area contributed by atoms with E-state index in [0.717, 1.165) is 11.1 Å². The summed E-state index contributed by atoms with van der Waals surface area (Å²) in [5, 5.41) is 0. The van der Waals surface area contributed by atoms with Crippen molar-refractivity contribution < 1.29 is 57.0 Å². The van der Waals surface area contributed by atoms with Gasteiger partial charge in [0.05, 0.1) is 18.8 Å². The van der Waals surface area contributed by atoms with Crippen LogP contribution >= 0.6 is 0 Å². The first-order valence-corrected chi connectivity index (χ1v) is 15.3. The average molecular weight is 645 g/mol.